The van der Waals surface area contributed by atoms with Crippen LogP contribution in [0.1, 0.15) is 51.0 Å². The molecule has 1 saturated heterocycles. The number of rotatable bonds is 5. The molecular weight excluding hydrogens is 398 g/mol. The van der Waals surface area contributed by atoms with Crippen molar-refractivity contribution in [3.8, 4) is 0 Å². The summed E-state index contributed by atoms with van der Waals surface area (Å²) in [5.74, 6) is 0.564. The highest BCUT2D eigenvalue weighted by molar-refractivity contribution is 7.89. The zero-order valence-electron chi connectivity index (χ0n) is 16.7. The van der Waals surface area contributed by atoms with Crippen LogP contribution in [0.4, 0.5) is 0 Å². The van der Waals surface area contributed by atoms with Crippen molar-refractivity contribution in [1.82, 2.24) is 9.21 Å². The smallest absolute Gasteiger partial charge is 0.243 e. The number of halogens is 1. The zero-order valence-corrected chi connectivity index (χ0v) is 18.3. The number of nitrogens with two attached hydrogens (primary N) is 1. The second-order valence-electron chi connectivity index (χ2n) is 7.88. The summed E-state index contributed by atoms with van der Waals surface area (Å²) in [6, 6.07) is 7.34. The fraction of sp³-hybridized carbons (Fsp3) is 0.650. The highest BCUT2D eigenvalue weighted by Crippen LogP contribution is 2.27. The first-order valence-corrected chi connectivity index (χ1v) is 11.4. The van der Waals surface area contributed by atoms with Crippen molar-refractivity contribution in [2.45, 2.75) is 56.4 Å². The van der Waals surface area contributed by atoms with Gasteiger partial charge in [0.25, 0.3) is 0 Å². The molecule has 158 valence electrons. The summed E-state index contributed by atoms with van der Waals surface area (Å²) in [6.07, 6.45) is 3.52. The van der Waals surface area contributed by atoms with Crippen LogP contribution in [-0.4, -0.2) is 55.8 Å². The molecule has 1 aromatic carbocycles. The van der Waals surface area contributed by atoms with Crippen LogP contribution >= 0.6 is 12.4 Å². The zero-order chi connectivity index (χ0) is 19.6. The van der Waals surface area contributed by atoms with Crippen LogP contribution in [0.5, 0.6) is 0 Å². The molecule has 8 heteroatoms. The van der Waals surface area contributed by atoms with Crippen molar-refractivity contribution >= 4 is 28.3 Å². The maximum absolute atomic E-state index is 12.9. The molecule has 0 spiro atoms. The highest BCUT2D eigenvalue weighted by Gasteiger charge is 2.35. The number of hydrogen-bond acceptors (Lipinski definition) is 4. The lowest BCUT2D eigenvalue weighted by Gasteiger charge is -2.35. The van der Waals surface area contributed by atoms with Crippen LogP contribution in [-0.2, 0) is 14.8 Å². The first-order valence-electron chi connectivity index (χ1n) is 9.97. The van der Waals surface area contributed by atoms with E-state index in [1.165, 1.54) is 4.31 Å². The quantitative estimate of drug-likeness (QED) is 0.779. The summed E-state index contributed by atoms with van der Waals surface area (Å²) < 4.78 is 27.3. The molecule has 1 aliphatic heterocycles. The number of nitrogens with zero attached hydrogens (tertiary/aromatic N) is 2. The molecular formula is C20H32ClN3O3S. The van der Waals surface area contributed by atoms with E-state index in [0.29, 0.717) is 37.0 Å². The van der Waals surface area contributed by atoms with E-state index in [0.717, 1.165) is 31.2 Å². The number of amides is 1. The van der Waals surface area contributed by atoms with Crippen LogP contribution in [0.3, 0.4) is 0 Å². The van der Waals surface area contributed by atoms with Gasteiger partial charge in [-0.05, 0) is 49.3 Å². The number of hydrogen-bond donors (Lipinski definition) is 1. The first-order chi connectivity index (χ1) is 12.8. The Balaban J connectivity index is 0.00000280. The van der Waals surface area contributed by atoms with E-state index >= 15 is 0 Å². The lowest BCUT2D eigenvalue weighted by atomic mass is 9.99. The van der Waals surface area contributed by atoms with E-state index in [4.69, 9.17) is 5.73 Å². The van der Waals surface area contributed by atoms with Gasteiger partial charge in [0.1, 0.15) is 0 Å². The van der Waals surface area contributed by atoms with Gasteiger partial charge in [-0.25, -0.2) is 8.42 Å². The highest BCUT2D eigenvalue weighted by atomic mass is 35.5. The summed E-state index contributed by atoms with van der Waals surface area (Å²) >= 11 is 0. The molecule has 3 atom stereocenters. The summed E-state index contributed by atoms with van der Waals surface area (Å²) in [4.78, 5) is 14.7. The Morgan fingerprint density at radius 2 is 1.75 bits per heavy atom. The molecule has 6 nitrogen and oxygen atoms in total. The molecule has 0 radical (unpaired) electrons. The first kappa shape index (κ1) is 23.1. The molecule has 2 aliphatic rings. The number of carbonyl (C=O) groups excluding carboxylic acids is 1. The minimum absolute atomic E-state index is 0. The van der Waals surface area contributed by atoms with Crippen molar-refractivity contribution in [3.05, 3.63) is 29.8 Å². The Labute approximate surface area is 174 Å². The molecule has 1 amide bonds. The van der Waals surface area contributed by atoms with Gasteiger partial charge in [-0.2, -0.15) is 4.31 Å². The second-order valence-corrected chi connectivity index (χ2v) is 9.82. The molecule has 1 aromatic rings. The van der Waals surface area contributed by atoms with Crippen molar-refractivity contribution in [1.29, 1.82) is 0 Å². The third-order valence-electron chi connectivity index (χ3n) is 6.07. The lowest BCUT2D eigenvalue weighted by Crippen LogP contribution is -2.51. The molecule has 2 N–H and O–H groups in total. The SMILES string of the molecule is CCC(C)c1ccc(S(=O)(=O)N2CCN(C(=O)C3CCC(N)C3)CC2)cc1.Cl. The largest absolute Gasteiger partial charge is 0.340 e. The van der Waals surface area contributed by atoms with E-state index in [1.54, 1.807) is 17.0 Å². The van der Waals surface area contributed by atoms with E-state index in [-0.39, 0.29) is 30.3 Å². The van der Waals surface area contributed by atoms with Crippen molar-refractivity contribution in [2.75, 3.05) is 26.2 Å². The van der Waals surface area contributed by atoms with Gasteiger partial charge in [-0.15, -0.1) is 12.4 Å². The van der Waals surface area contributed by atoms with E-state index in [2.05, 4.69) is 13.8 Å². The van der Waals surface area contributed by atoms with E-state index in [9.17, 15) is 13.2 Å². The van der Waals surface area contributed by atoms with Gasteiger partial charge in [0.15, 0.2) is 0 Å². The Bertz CT molecular complexity index is 761. The fourth-order valence-electron chi connectivity index (χ4n) is 4.00. The molecule has 0 bridgehead atoms. The van der Waals surface area contributed by atoms with Gasteiger partial charge in [0.05, 0.1) is 4.90 Å². The maximum atomic E-state index is 12.9. The van der Waals surface area contributed by atoms with Crippen LogP contribution in [0.25, 0.3) is 0 Å². The van der Waals surface area contributed by atoms with Gasteiger partial charge in [-0.1, -0.05) is 26.0 Å². The van der Waals surface area contributed by atoms with E-state index < -0.39 is 10.0 Å². The number of sulfonamides is 1. The normalized spacial score (nSPS) is 24.6. The Hall–Kier alpha value is -1.15. The van der Waals surface area contributed by atoms with Crippen molar-refractivity contribution in [3.63, 3.8) is 0 Å². The number of benzene rings is 1. The molecule has 1 aliphatic carbocycles. The summed E-state index contributed by atoms with van der Waals surface area (Å²) in [7, 11) is -3.51. The van der Waals surface area contributed by atoms with Crippen LogP contribution in [0, 0.1) is 5.92 Å². The van der Waals surface area contributed by atoms with Gasteiger partial charge < -0.3 is 10.6 Å². The molecule has 28 heavy (non-hydrogen) atoms. The second kappa shape index (κ2) is 9.57. The van der Waals surface area contributed by atoms with Gasteiger partial charge >= 0.3 is 0 Å². The van der Waals surface area contributed by atoms with Crippen LogP contribution in [0.2, 0.25) is 0 Å². The Morgan fingerprint density at radius 1 is 1.14 bits per heavy atom. The molecule has 0 aromatic heterocycles. The number of piperazine rings is 1. The average Bonchev–Trinajstić information content (AvgIpc) is 3.13. The van der Waals surface area contributed by atoms with Crippen molar-refractivity contribution in [2.24, 2.45) is 11.7 Å². The maximum Gasteiger partial charge on any atom is 0.243 e. The Kier molecular flexibility index (Phi) is 7.90. The molecule has 3 unspecified atom stereocenters. The monoisotopic (exact) mass is 429 g/mol. The molecule has 1 saturated carbocycles. The van der Waals surface area contributed by atoms with E-state index in [1.807, 2.05) is 12.1 Å². The average molecular weight is 430 g/mol. The van der Waals surface area contributed by atoms with Gasteiger partial charge in [-0.3, -0.25) is 4.79 Å². The fourth-order valence-corrected chi connectivity index (χ4v) is 5.42. The summed E-state index contributed by atoms with van der Waals surface area (Å²) in [5, 5.41) is 0. The topological polar surface area (TPSA) is 83.7 Å². The predicted octanol–water partition coefficient (Wildman–Crippen LogP) is 2.58. The van der Waals surface area contributed by atoms with Crippen molar-refractivity contribution < 1.29 is 13.2 Å². The van der Waals surface area contributed by atoms with Gasteiger partial charge in [0, 0.05) is 38.1 Å². The Morgan fingerprint density at radius 3 is 2.25 bits per heavy atom. The third kappa shape index (κ3) is 4.87. The third-order valence-corrected chi connectivity index (χ3v) is 7.98. The number of carbonyl (C=O) groups is 1. The van der Waals surface area contributed by atoms with Gasteiger partial charge in [0.2, 0.25) is 15.9 Å². The minimum atomic E-state index is -3.51. The van der Waals surface area contributed by atoms with Crippen LogP contribution in [0.15, 0.2) is 29.2 Å². The standard InChI is InChI=1S/C20H31N3O3S.ClH/c1-3-15(2)16-5-8-19(9-6-16)27(25,26)23-12-10-22(11-13-23)20(24)17-4-7-18(21)14-17;/h5-6,8-9,15,17-18H,3-4,7,10-14,21H2,1-2H3;1H. The van der Waals surface area contributed by atoms with Crippen LogP contribution < -0.4 is 5.73 Å². The lowest BCUT2D eigenvalue weighted by molar-refractivity contribution is -0.136. The summed E-state index contributed by atoms with van der Waals surface area (Å²) in [6.45, 7) is 5.86. The molecule has 1 heterocycles. The minimum Gasteiger partial charge on any atom is -0.340 e. The molecule has 2 fully saturated rings. The predicted molar refractivity (Wildman–Crippen MR) is 113 cm³/mol. The molecule has 3 rings (SSSR count). The summed E-state index contributed by atoms with van der Waals surface area (Å²) in [5.41, 5.74) is 7.07.